The van der Waals surface area contributed by atoms with Crippen LogP contribution in [0.15, 0.2) is 48.5 Å². The van der Waals surface area contributed by atoms with E-state index in [-0.39, 0.29) is 17.7 Å². The minimum Gasteiger partial charge on any atom is -0.436 e. The van der Waals surface area contributed by atoms with Crippen LogP contribution in [-0.4, -0.2) is 36.7 Å². The van der Waals surface area contributed by atoms with E-state index >= 15 is 0 Å². The quantitative estimate of drug-likeness (QED) is 0.886. The number of benzene rings is 2. The predicted octanol–water partition coefficient (Wildman–Crippen LogP) is 3.87. The molecule has 0 aromatic heterocycles. The third kappa shape index (κ3) is 4.11. The lowest BCUT2D eigenvalue weighted by Gasteiger charge is -2.44. The van der Waals surface area contributed by atoms with Gasteiger partial charge in [0.2, 0.25) is 0 Å². The third-order valence-corrected chi connectivity index (χ3v) is 5.53. The van der Waals surface area contributed by atoms with Gasteiger partial charge in [0.25, 0.3) is 0 Å². The maximum absolute atomic E-state index is 13.3. The molecule has 3 fully saturated rings. The zero-order valence-electron chi connectivity index (χ0n) is 14.9. The lowest BCUT2D eigenvalue weighted by molar-refractivity contribution is 0.0593. The van der Waals surface area contributed by atoms with Gasteiger partial charge in [0.1, 0.15) is 11.6 Å². The Kier molecular flexibility index (Phi) is 5.07. The molecule has 0 unspecified atom stereocenters. The van der Waals surface area contributed by atoms with Crippen LogP contribution in [0, 0.1) is 17.6 Å². The Balaban J connectivity index is 1.51. The number of fused-ring (bicyclic) bond motifs is 3. The second-order valence-electron chi connectivity index (χ2n) is 7.28. The molecular weight excluding hydrogens is 350 g/mol. The van der Waals surface area contributed by atoms with Crippen LogP contribution in [0.1, 0.15) is 30.1 Å². The summed E-state index contributed by atoms with van der Waals surface area (Å²) in [6, 6.07) is 11.7. The minimum absolute atomic E-state index is 0.0853. The number of carbonyl (C=O) groups excluding carboxylic acids is 1. The van der Waals surface area contributed by atoms with Crippen LogP contribution in [0.4, 0.5) is 13.6 Å². The van der Waals surface area contributed by atoms with Crippen molar-refractivity contribution in [3.63, 3.8) is 0 Å². The highest BCUT2D eigenvalue weighted by Crippen LogP contribution is 2.29. The fraction of sp³-hybridized carbons (Fsp3) is 0.381. The van der Waals surface area contributed by atoms with Crippen molar-refractivity contribution in [3.05, 3.63) is 71.3 Å². The molecule has 142 valence electrons. The van der Waals surface area contributed by atoms with Crippen LogP contribution in [0.2, 0.25) is 0 Å². The Labute approximate surface area is 157 Å². The molecule has 3 aliphatic rings. The first-order valence-corrected chi connectivity index (χ1v) is 9.29. The highest BCUT2D eigenvalue weighted by molar-refractivity contribution is 5.68. The Bertz CT molecular complexity index is 741. The van der Waals surface area contributed by atoms with Crippen molar-refractivity contribution in [2.75, 3.05) is 19.6 Å². The summed E-state index contributed by atoms with van der Waals surface area (Å²) in [5.74, 6) is -0.251. The van der Waals surface area contributed by atoms with Crippen LogP contribution in [-0.2, 0) is 4.74 Å². The number of alkyl carbamates (subject to hydrolysis) is 1. The first-order chi connectivity index (χ1) is 13.1. The highest BCUT2D eigenvalue weighted by Gasteiger charge is 2.35. The third-order valence-electron chi connectivity index (χ3n) is 5.53. The maximum Gasteiger partial charge on any atom is 0.408 e. The molecule has 1 N–H and O–H groups in total. The van der Waals surface area contributed by atoms with E-state index in [1.807, 2.05) is 0 Å². The number of nitrogens with zero attached hydrogens (tertiary/aromatic N) is 1. The zero-order chi connectivity index (χ0) is 18.8. The van der Waals surface area contributed by atoms with Crippen LogP contribution >= 0.6 is 0 Å². The van der Waals surface area contributed by atoms with Crippen molar-refractivity contribution in [3.8, 4) is 0 Å². The molecule has 1 atom stereocenters. The van der Waals surface area contributed by atoms with Gasteiger partial charge in [-0.05, 0) is 67.2 Å². The summed E-state index contributed by atoms with van der Waals surface area (Å²) >= 11 is 0. The van der Waals surface area contributed by atoms with E-state index in [0.29, 0.717) is 17.0 Å². The number of amides is 1. The van der Waals surface area contributed by atoms with Gasteiger partial charge in [0.15, 0.2) is 6.10 Å². The summed E-state index contributed by atoms with van der Waals surface area (Å²) in [5.41, 5.74) is 1.26. The van der Waals surface area contributed by atoms with Gasteiger partial charge in [0.05, 0.1) is 0 Å². The molecule has 3 heterocycles. The van der Waals surface area contributed by atoms with E-state index in [9.17, 15) is 13.6 Å². The predicted molar refractivity (Wildman–Crippen MR) is 97.2 cm³/mol. The second-order valence-corrected chi connectivity index (χ2v) is 7.28. The summed E-state index contributed by atoms with van der Waals surface area (Å²) in [4.78, 5) is 14.9. The topological polar surface area (TPSA) is 41.6 Å². The normalized spacial score (nSPS) is 24.0. The van der Waals surface area contributed by atoms with Crippen LogP contribution in [0.5, 0.6) is 0 Å². The Morgan fingerprint density at radius 3 is 1.93 bits per heavy atom. The van der Waals surface area contributed by atoms with Crippen LogP contribution in [0.25, 0.3) is 0 Å². The summed E-state index contributed by atoms with van der Waals surface area (Å²) in [6.45, 7) is 3.02. The Hall–Kier alpha value is -2.47. The smallest absolute Gasteiger partial charge is 0.408 e. The van der Waals surface area contributed by atoms with E-state index in [0.717, 1.165) is 32.5 Å². The fourth-order valence-electron chi connectivity index (χ4n) is 4.02. The molecule has 0 spiro atoms. The lowest BCUT2D eigenvalue weighted by Crippen LogP contribution is -2.57. The summed E-state index contributed by atoms with van der Waals surface area (Å²) in [5, 5.41) is 2.99. The number of hydrogen-bond donors (Lipinski definition) is 1. The molecule has 1 amide bonds. The van der Waals surface area contributed by atoms with E-state index in [4.69, 9.17) is 4.74 Å². The second kappa shape index (κ2) is 7.64. The number of piperidine rings is 3. The lowest BCUT2D eigenvalue weighted by atomic mass is 9.84. The molecule has 0 aliphatic carbocycles. The molecule has 2 aromatic rings. The van der Waals surface area contributed by atoms with E-state index < -0.39 is 12.2 Å². The standard InChI is InChI=1S/C21H22F2N2O2/c22-17-5-1-15(2-6-17)20(16-3-7-18(23)8-4-16)27-21(26)24-19-13-25-11-9-14(19)10-12-25/h1-8,14,19-20H,9-13H2,(H,24,26)/t19-/m0/s1. The average molecular weight is 372 g/mol. The Morgan fingerprint density at radius 1 is 0.963 bits per heavy atom. The van der Waals surface area contributed by atoms with E-state index in [1.165, 1.54) is 24.3 Å². The first-order valence-electron chi connectivity index (χ1n) is 9.29. The molecule has 0 saturated carbocycles. The van der Waals surface area contributed by atoms with Crippen molar-refractivity contribution in [1.82, 2.24) is 10.2 Å². The number of halogens is 2. The molecule has 2 aromatic carbocycles. The fourth-order valence-corrected chi connectivity index (χ4v) is 4.02. The van der Waals surface area contributed by atoms with Crippen molar-refractivity contribution < 1.29 is 18.3 Å². The number of nitrogens with one attached hydrogen (secondary N) is 1. The molecule has 6 heteroatoms. The molecular formula is C21H22F2N2O2. The zero-order valence-corrected chi connectivity index (χ0v) is 14.9. The van der Waals surface area contributed by atoms with Crippen molar-refractivity contribution in [2.24, 2.45) is 5.92 Å². The molecule has 27 heavy (non-hydrogen) atoms. The van der Waals surface area contributed by atoms with Gasteiger partial charge in [-0.2, -0.15) is 0 Å². The minimum atomic E-state index is -0.729. The van der Waals surface area contributed by atoms with E-state index in [1.54, 1.807) is 24.3 Å². The van der Waals surface area contributed by atoms with Crippen LogP contribution in [0.3, 0.4) is 0 Å². The number of hydrogen-bond acceptors (Lipinski definition) is 3. The largest absolute Gasteiger partial charge is 0.436 e. The number of ether oxygens (including phenoxy) is 1. The van der Waals surface area contributed by atoms with Gasteiger partial charge < -0.3 is 15.0 Å². The number of carbonyl (C=O) groups is 1. The summed E-state index contributed by atoms with van der Waals surface area (Å²) in [6.07, 6.45) is 0.939. The molecule has 3 aliphatic heterocycles. The van der Waals surface area contributed by atoms with E-state index in [2.05, 4.69) is 10.2 Å². The Morgan fingerprint density at radius 2 is 1.48 bits per heavy atom. The van der Waals surface area contributed by atoms with Gasteiger partial charge in [-0.25, -0.2) is 13.6 Å². The van der Waals surface area contributed by atoms with Gasteiger partial charge >= 0.3 is 6.09 Å². The molecule has 5 rings (SSSR count). The number of rotatable bonds is 4. The van der Waals surface area contributed by atoms with Crippen molar-refractivity contribution in [2.45, 2.75) is 25.0 Å². The first kappa shape index (κ1) is 17.9. The summed E-state index contributed by atoms with van der Waals surface area (Å²) in [7, 11) is 0. The van der Waals surface area contributed by atoms with Gasteiger partial charge in [0, 0.05) is 12.6 Å². The average Bonchev–Trinajstić information content (AvgIpc) is 2.69. The van der Waals surface area contributed by atoms with Crippen LogP contribution < -0.4 is 5.32 Å². The molecule has 3 saturated heterocycles. The maximum atomic E-state index is 13.3. The molecule has 2 bridgehead atoms. The summed E-state index contributed by atoms with van der Waals surface area (Å²) < 4.78 is 32.3. The van der Waals surface area contributed by atoms with Gasteiger partial charge in [-0.3, -0.25) is 0 Å². The molecule has 0 radical (unpaired) electrons. The van der Waals surface area contributed by atoms with Crippen molar-refractivity contribution >= 4 is 6.09 Å². The monoisotopic (exact) mass is 372 g/mol. The van der Waals surface area contributed by atoms with Gasteiger partial charge in [-0.15, -0.1) is 0 Å². The molecule has 4 nitrogen and oxygen atoms in total. The van der Waals surface area contributed by atoms with Crippen molar-refractivity contribution in [1.29, 1.82) is 0 Å². The van der Waals surface area contributed by atoms with Gasteiger partial charge in [-0.1, -0.05) is 24.3 Å². The SMILES string of the molecule is O=C(N[C@H]1CN2CCC1CC2)OC(c1ccc(F)cc1)c1ccc(F)cc1. The highest BCUT2D eigenvalue weighted by atomic mass is 19.1.